The second kappa shape index (κ2) is 10.8. The number of pyridine rings is 1. The van der Waals surface area contributed by atoms with E-state index in [1.807, 2.05) is 94.4 Å². The predicted molar refractivity (Wildman–Crippen MR) is 158 cm³/mol. The molecule has 0 aliphatic rings. The molecule has 1 heterocycles. The Morgan fingerprint density at radius 2 is 0.700 bits per heavy atom. The van der Waals surface area contributed by atoms with E-state index < -0.39 is 11.8 Å². The third kappa shape index (κ3) is 5.23. The molecule has 5 nitrogen and oxygen atoms in total. The van der Waals surface area contributed by atoms with Crippen LogP contribution in [0.15, 0.2) is 91.0 Å². The van der Waals surface area contributed by atoms with Crippen LogP contribution in [-0.4, -0.2) is 25.4 Å². The van der Waals surface area contributed by atoms with E-state index in [9.17, 15) is 20.4 Å². The second-order valence-corrected chi connectivity index (χ2v) is 10.6. The lowest BCUT2D eigenvalue weighted by Gasteiger charge is -2.24. The molecule has 5 aromatic rings. The Morgan fingerprint density at radius 1 is 0.425 bits per heavy atom. The van der Waals surface area contributed by atoms with Crippen LogP contribution in [0.25, 0.3) is 0 Å². The van der Waals surface area contributed by atoms with Crippen LogP contribution in [0.1, 0.15) is 67.7 Å². The molecular weight excluding hydrogens is 498 g/mol. The molecule has 0 radical (unpaired) electrons. The standard InChI is InChI=1S/C35H33NO4/c1-20-8-12-24(30(37)16-20)34(25-13-9-21(2)17-31(25)38)28-6-5-7-29(36-28)35(26-14-10-22(3)18-32(26)39)27-15-11-23(4)19-33(27)40/h5-19,34-35,37-40H,1-4H3. The minimum atomic E-state index is -0.569. The molecule has 0 spiro atoms. The molecule has 1 aromatic heterocycles. The Bertz CT molecular complexity index is 1480. The van der Waals surface area contributed by atoms with Crippen LogP contribution >= 0.6 is 0 Å². The predicted octanol–water partition coefficient (Wildman–Crippen LogP) is 7.50. The van der Waals surface area contributed by atoms with E-state index >= 15 is 0 Å². The van der Waals surface area contributed by atoms with Gasteiger partial charge in [0, 0.05) is 22.3 Å². The molecule has 0 unspecified atom stereocenters. The molecule has 40 heavy (non-hydrogen) atoms. The Hall–Kier alpha value is -4.77. The van der Waals surface area contributed by atoms with Gasteiger partial charge in [-0.05, 0) is 86.3 Å². The summed E-state index contributed by atoms with van der Waals surface area (Å²) in [6.07, 6.45) is 0. The first-order chi connectivity index (χ1) is 19.1. The first kappa shape index (κ1) is 26.8. The van der Waals surface area contributed by atoms with Crippen molar-refractivity contribution in [3.05, 3.63) is 147 Å². The molecule has 0 saturated heterocycles. The Labute approximate surface area is 234 Å². The van der Waals surface area contributed by atoms with Gasteiger partial charge in [-0.25, -0.2) is 0 Å². The number of phenols is 4. The summed E-state index contributed by atoms with van der Waals surface area (Å²) >= 11 is 0. The number of hydrogen-bond acceptors (Lipinski definition) is 5. The lowest BCUT2D eigenvalue weighted by atomic mass is 9.84. The molecule has 0 fully saturated rings. The van der Waals surface area contributed by atoms with Gasteiger partial charge in [0.2, 0.25) is 0 Å². The summed E-state index contributed by atoms with van der Waals surface area (Å²) in [5.41, 5.74) is 7.34. The van der Waals surface area contributed by atoms with Crippen LogP contribution in [0.3, 0.4) is 0 Å². The van der Waals surface area contributed by atoms with Crippen molar-refractivity contribution in [1.29, 1.82) is 0 Å². The number of hydrogen-bond donors (Lipinski definition) is 4. The largest absolute Gasteiger partial charge is 0.508 e. The zero-order valence-electron chi connectivity index (χ0n) is 23.1. The number of rotatable bonds is 6. The van der Waals surface area contributed by atoms with E-state index in [0.717, 1.165) is 22.3 Å². The maximum Gasteiger partial charge on any atom is 0.120 e. The third-order valence-corrected chi connectivity index (χ3v) is 7.37. The fourth-order valence-corrected chi connectivity index (χ4v) is 5.35. The molecule has 0 saturated carbocycles. The number of benzene rings is 4. The van der Waals surface area contributed by atoms with E-state index in [-0.39, 0.29) is 23.0 Å². The van der Waals surface area contributed by atoms with Crippen molar-refractivity contribution in [3.8, 4) is 23.0 Å². The first-order valence-electron chi connectivity index (χ1n) is 13.3. The minimum absolute atomic E-state index is 0.112. The molecule has 5 heteroatoms. The van der Waals surface area contributed by atoms with Gasteiger partial charge in [0.05, 0.1) is 23.2 Å². The van der Waals surface area contributed by atoms with Crippen LogP contribution < -0.4 is 0 Å². The Balaban J connectivity index is 1.75. The van der Waals surface area contributed by atoms with E-state index in [1.54, 1.807) is 24.3 Å². The van der Waals surface area contributed by atoms with Crippen LogP contribution in [0, 0.1) is 27.7 Å². The lowest BCUT2D eigenvalue weighted by Crippen LogP contribution is -2.12. The van der Waals surface area contributed by atoms with Gasteiger partial charge in [0.15, 0.2) is 0 Å². The molecule has 202 valence electrons. The van der Waals surface area contributed by atoms with Gasteiger partial charge in [0.1, 0.15) is 23.0 Å². The zero-order chi connectivity index (χ0) is 28.6. The van der Waals surface area contributed by atoms with Crippen LogP contribution in [-0.2, 0) is 0 Å². The molecule has 4 aromatic carbocycles. The topological polar surface area (TPSA) is 93.8 Å². The van der Waals surface area contributed by atoms with E-state index in [0.29, 0.717) is 33.6 Å². The molecule has 0 aliphatic heterocycles. The number of aromatic nitrogens is 1. The highest BCUT2D eigenvalue weighted by atomic mass is 16.3. The molecular formula is C35H33NO4. The van der Waals surface area contributed by atoms with Crippen molar-refractivity contribution in [3.63, 3.8) is 0 Å². The maximum atomic E-state index is 11.0. The molecule has 0 bridgehead atoms. The average Bonchev–Trinajstić information content (AvgIpc) is 2.89. The monoisotopic (exact) mass is 531 g/mol. The van der Waals surface area contributed by atoms with Crippen molar-refractivity contribution < 1.29 is 20.4 Å². The van der Waals surface area contributed by atoms with Crippen molar-refractivity contribution in [1.82, 2.24) is 4.98 Å². The lowest BCUT2D eigenvalue weighted by molar-refractivity contribution is 0.457. The van der Waals surface area contributed by atoms with Gasteiger partial charge in [-0.2, -0.15) is 0 Å². The quantitative estimate of drug-likeness (QED) is 0.182. The molecule has 4 N–H and O–H groups in total. The molecule has 0 aliphatic carbocycles. The van der Waals surface area contributed by atoms with Crippen LogP contribution in [0.2, 0.25) is 0 Å². The van der Waals surface area contributed by atoms with Gasteiger partial charge in [-0.3, -0.25) is 4.98 Å². The second-order valence-electron chi connectivity index (χ2n) is 10.6. The Morgan fingerprint density at radius 3 is 0.950 bits per heavy atom. The summed E-state index contributed by atoms with van der Waals surface area (Å²) in [4.78, 5) is 5.09. The average molecular weight is 532 g/mol. The van der Waals surface area contributed by atoms with Crippen molar-refractivity contribution in [2.45, 2.75) is 39.5 Å². The highest BCUT2D eigenvalue weighted by molar-refractivity contribution is 5.55. The van der Waals surface area contributed by atoms with Gasteiger partial charge in [0.25, 0.3) is 0 Å². The summed E-state index contributed by atoms with van der Waals surface area (Å²) in [6, 6.07) is 27.6. The van der Waals surface area contributed by atoms with E-state index in [4.69, 9.17) is 4.98 Å². The summed E-state index contributed by atoms with van der Waals surface area (Å²) in [6.45, 7) is 7.64. The fourth-order valence-electron chi connectivity index (χ4n) is 5.35. The van der Waals surface area contributed by atoms with Gasteiger partial charge in [-0.1, -0.05) is 54.6 Å². The number of nitrogens with zero attached hydrogens (tertiary/aromatic N) is 1. The summed E-state index contributed by atoms with van der Waals surface area (Å²) in [5, 5.41) is 44.1. The molecule has 5 rings (SSSR count). The fraction of sp³-hybridized carbons (Fsp3) is 0.171. The first-order valence-corrected chi connectivity index (χ1v) is 13.3. The Kier molecular flexibility index (Phi) is 7.22. The van der Waals surface area contributed by atoms with Crippen molar-refractivity contribution in [2.75, 3.05) is 0 Å². The molecule has 0 amide bonds. The van der Waals surface area contributed by atoms with Gasteiger partial charge >= 0.3 is 0 Å². The smallest absolute Gasteiger partial charge is 0.120 e. The third-order valence-electron chi connectivity index (χ3n) is 7.37. The number of phenolic OH excluding ortho intramolecular Hbond substituents is 4. The molecule has 0 atom stereocenters. The maximum absolute atomic E-state index is 11.0. The highest BCUT2D eigenvalue weighted by Gasteiger charge is 2.28. The van der Waals surface area contributed by atoms with E-state index in [2.05, 4.69) is 0 Å². The van der Waals surface area contributed by atoms with Crippen molar-refractivity contribution >= 4 is 0 Å². The zero-order valence-corrected chi connectivity index (χ0v) is 23.1. The summed E-state index contributed by atoms with van der Waals surface area (Å²) in [5.74, 6) is -0.690. The van der Waals surface area contributed by atoms with Gasteiger partial charge < -0.3 is 20.4 Å². The number of aryl methyl sites for hydroxylation is 4. The SMILES string of the molecule is Cc1ccc(C(c2cccc(C(c3ccc(C)cc3O)c3ccc(C)cc3O)n2)c2ccc(C)cc2O)c(O)c1. The normalized spacial score (nSPS) is 11.3. The summed E-state index contributed by atoms with van der Waals surface area (Å²) in [7, 11) is 0. The van der Waals surface area contributed by atoms with Crippen LogP contribution in [0.4, 0.5) is 0 Å². The van der Waals surface area contributed by atoms with Gasteiger partial charge in [-0.15, -0.1) is 0 Å². The van der Waals surface area contributed by atoms with Crippen molar-refractivity contribution in [2.24, 2.45) is 0 Å². The van der Waals surface area contributed by atoms with E-state index in [1.165, 1.54) is 0 Å². The highest BCUT2D eigenvalue weighted by Crippen LogP contribution is 2.43. The minimum Gasteiger partial charge on any atom is -0.508 e. The van der Waals surface area contributed by atoms with Crippen LogP contribution in [0.5, 0.6) is 23.0 Å². The summed E-state index contributed by atoms with van der Waals surface area (Å²) < 4.78 is 0. The number of aromatic hydroxyl groups is 4.